The van der Waals surface area contributed by atoms with Crippen molar-refractivity contribution in [1.82, 2.24) is 5.32 Å². The summed E-state index contributed by atoms with van der Waals surface area (Å²) in [6.45, 7) is 1.82. The van der Waals surface area contributed by atoms with Crippen molar-refractivity contribution in [1.29, 1.82) is 0 Å². The van der Waals surface area contributed by atoms with Crippen molar-refractivity contribution in [2.45, 2.75) is 32.2 Å². The van der Waals surface area contributed by atoms with E-state index < -0.39 is 0 Å². The molecule has 2 aliphatic carbocycles. The predicted molar refractivity (Wildman–Crippen MR) is 67.3 cm³/mol. The number of fused-ring (bicyclic) bond motifs is 1. The van der Waals surface area contributed by atoms with E-state index in [2.05, 4.69) is 11.4 Å². The van der Waals surface area contributed by atoms with Gasteiger partial charge in [0.25, 0.3) is 0 Å². The number of halogens is 1. The van der Waals surface area contributed by atoms with Crippen LogP contribution < -0.4 is 5.32 Å². The van der Waals surface area contributed by atoms with E-state index in [0.29, 0.717) is 12.0 Å². The zero-order chi connectivity index (χ0) is 12.0. The third-order valence-corrected chi connectivity index (χ3v) is 4.62. The zero-order valence-corrected chi connectivity index (χ0v) is 10.5. The third kappa shape index (κ3) is 1.99. The number of aryl methyl sites for hydroxylation is 1. The highest BCUT2D eigenvalue weighted by Crippen LogP contribution is 2.57. The van der Waals surface area contributed by atoms with Crippen molar-refractivity contribution < 1.29 is 4.39 Å². The smallest absolute Gasteiger partial charge is 0.126 e. The molecule has 2 aliphatic rings. The molecular formula is C15H20FN. The Bertz CT molecular complexity index is 419. The second kappa shape index (κ2) is 4.09. The van der Waals surface area contributed by atoms with Crippen LogP contribution in [-0.4, -0.2) is 7.05 Å². The fourth-order valence-electron chi connectivity index (χ4n) is 3.51. The molecule has 0 amide bonds. The first kappa shape index (κ1) is 11.2. The van der Waals surface area contributed by atoms with Gasteiger partial charge in [0.1, 0.15) is 5.82 Å². The normalized spacial score (nSPS) is 32.3. The summed E-state index contributed by atoms with van der Waals surface area (Å²) in [6, 6.07) is 6.01. The molecule has 2 heteroatoms. The summed E-state index contributed by atoms with van der Waals surface area (Å²) < 4.78 is 13.6. The number of nitrogens with one attached hydrogen (secondary N) is 1. The quantitative estimate of drug-likeness (QED) is 0.843. The summed E-state index contributed by atoms with van der Waals surface area (Å²) in [5.74, 6) is 2.58. The Hall–Kier alpha value is -0.890. The fraction of sp³-hybridized carbons (Fsp3) is 0.600. The minimum absolute atomic E-state index is 0.0779. The van der Waals surface area contributed by atoms with Crippen LogP contribution in [0.5, 0.6) is 0 Å². The second-order valence-electron chi connectivity index (χ2n) is 5.76. The second-order valence-corrected chi connectivity index (χ2v) is 5.76. The van der Waals surface area contributed by atoms with E-state index in [9.17, 15) is 4.39 Å². The molecule has 3 unspecified atom stereocenters. The van der Waals surface area contributed by atoms with E-state index in [4.69, 9.17) is 0 Å². The van der Waals surface area contributed by atoms with Gasteiger partial charge >= 0.3 is 0 Å². The molecule has 0 heterocycles. The molecular weight excluding hydrogens is 213 g/mol. The largest absolute Gasteiger partial charge is 0.313 e. The van der Waals surface area contributed by atoms with Gasteiger partial charge in [-0.3, -0.25) is 0 Å². The molecule has 17 heavy (non-hydrogen) atoms. The van der Waals surface area contributed by atoms with Crippen LogP contribution in [0.15, 0.2) is 18.2 Å². The van der Waals surface area contributed by atoms with Crippen molar-refractivity contribution in [3.05, 3.63) is 35.1 Å². The van der Waals surface area contributed by atoms with Crippen LogP contribution in [0.3, 0.4) is 0 Å². The maximum Gasteiger partial charge on any atom is 0.126 e. The van der Waals surface area contributed by atoms with Gasteiger partial charge in [0.15, 0.2) is 0 Å². The van der Waals surface area contributed by atoms with Gasteiger partial charge < -0.3 is 5.32 Å². The van der Waals surface area contributed by atoms with E-state index in [1.807, 2.05) is 20.0 Å². The van der Waals surface area contributed by atoms with Crippen molar-refractivity contribution in [3.63, 3.8) is 0 Å². The van der Waals surface area contributed by atoms with Crippen molar-refractivity contribution in [2.75, 3.05) is 7.05 Å². The highest BCUT2D eigenvalue weighted by molar-refractivity contribution is 5.27. The van der Waals surface area contributed by atoms with Crippen LogP contribution >= 0.6 is 0 Å². The Morgan fingerprint density at radius 1 is 1.24 bits per heavy atom. The van der Waals surface area contributed by atoms with Gasteiger partial charge in [-0.1, -0.05) is 12.1 Å². The van der Waals surface area contributed by atoms with Crippen LogP contribution in [0.4, 0.5) is 4.39 Å². The van der Waals surface area contributed by atoms with Gasteiger partial charge in [0.05, 0.1) is 0 Å². The van der Waals surface area contributed by atoms with Crippen molar-refractivity contribution in [3.8, 4) is 0 Å². The summed E-state index contributed by atoms with van der Waals surface area (Å²) in [7, 11) is 1.99. The Morgan fingerprint density at radius 3 is 2.53 bits per heavy atom. The third-order valence-electron chi connectivity index (χ3n) is 4.62. The Balaban J connectivity index is 1.81. The molecule has 0 aromatic heterocycles. The molecule has 1 aromatic rings. The highest BCUT2D eigenvalue weighted by atomic mass is 19.1. The van der Waals surface area contributed by atoms with Crippen LogP contribution in [0.1, 0.15) is 36.4 Å². The molecule has 2 fully saturated rings. The average Bonchev–Trinajstić information content (AvgIpc) is 2.92. The predicted octanol–water partition coefficient (Wildman–Crippen LogP) is 3.44. The molecule has 0 spiro atoms. The standard InChI is InChI=1S/C15H20FN/c1-9-3-4-10(8-14(9)16)15(17-2)13-6-11-5-12(11)7-13/h3-4,8,11-13,15,17H,5-7H2,1-2H3. The first-order valence-corrected chi connectivity index (χ1v) is 6.62. The monoisotopic (exact) mass is 233 g/mol. The van der Waals surface area contributed by atoms with E-state index in [1.165, 1.54) is 19.3 Å². The molecule has 1 N–H and O–H groups in total. The van der Waals surface area contributed by atoms with E-state index >= 15 is 0 Å². The average molecular weight is 233 g/mol. The van der Waals surface area contributed by atoms with E-state index in [1.54, 1.807) is 6.07 Å². The highest BCUT2D eigenvalue weighted by Gasteiger charge is 2.47. The summed E-state index contributed by atoms with van der Waals surface area (Å²) >= 11 is 0. The number of hydrogen-bond acceptors (Lipinski definition) is 1. The van der Waals surface area contributed by atoms with Crippen LogP contribution in [0.2, 0.25) is 0 Å². The lowest BCUT2D eigenvalue weighted by Gasteiger charge is -2.25. The molecule has 3 atom stereocenters. The van der Waals surface area contributed by atoms with Gasteiger partial charge in [0.2, 0.25) is 0 Å². The SMILES string of the molecule is CNC(c1ccc(C)c(F)c1)C1CC2CC2C1. The molecule has 3 rings (SSSR count). The van der Waals surface area contributed by atoms with Crippen molar-refractivity contribution in [2.24, 2.45) is 17.8 Å². The lowest BCUT2D eigenvalue weighted by Crippen LogP contribution is -2.24. The Kier molecular flexibility index (Phi) is 2.70. The molecule has 0 radical (unpaired) electrons. The summed E-state index contributed by atoms with van der Waals surface area (Å²) in [5, 5.41) is 3.38. The fourth-order valence-corrected chi connectivity index (χ4v) is 3.51. The van der Waals surface area contributed by atoms with Crippen molar-refractivity contribution >= 4 is 0 Å². The lowest BCUT2D eigenvalue weighted by molar-refractivity contribution is 0.358. The molecule has 2 saturated carbocycles. The summed E-state index contributed by atoms with van der Waals surface area (Å²) in [6.07, 6.45) is 4.09. The van der Waals surface area contributed by atoms with E-state index in [-0.39, 0.29) is 5.82 Å². The maximum atomic E-state index is 13.6. The first-order valence-electron chi connectivity index (χ1n) is 6.62. The number of hydrogen-bond donors (Lipinski definition) is 1. The number of rotatable bonds is 3. The van der Waals surface area contributed by atoms with Crippen LogP contribution in [0, 0.1) is 30.5 Å². The molecule has 0 aliphatic heterocycles. The number of benzene rings is 1. The molecule has 92 valence electrons. The topological polar surface area (TPSA) is 12.0 Å². The van der Waals surface area contributed by atoms with Crippen LogP contribution in [0.25, 0.3) is 0 Å². The first-order chi connectivity index (χ1) is 8.19. The van der Waals surface area contributed by atoms with Gasteiger partial charge in [0, 0.05) is 6.04 Å². The Morgan fingerprint density at radius 2 is 1.94 bits per heavy atom. The minimum atomic E-state index is -0.0779. The lowest BCUT2D eigenvalue weighted by atomic mass is 9.89. The van der Waals surface area contributed by atoms with Crippen LogP contribution in [-0.2, 0) is 0 Å². The van der Waals surface area contributed by atoms with E-state index in [0.717, 1.165) is 23.0 Å². The molecule has 1 nitrogen and oxygen atoms in total. The minimum Gasteiger partial charge on any atom is -0.313 e. The van der Waals surface area contributed by atoms with Gasteiger partial charge in [-0.2, -0.15) is 0 Å². The Labute approximate surface area is 102 Å². The molecule has 0 bridgehead atoms. The summed E-state index contributed by atoms with van der Waals surface area (Å²) in [5.41, 5.74) is 1.85. The zero-order valence-electron chi connectivity index (χ0n) is 10.5. The van der Waals surface area contributed by atoms with Gasteiger partial charge in [-0.05, 0) is 68.2 Å². The maximum absolute atomic E-state index is 13.6. The van der Waals surface area contributed by atoms with Gasteiger partial charge in [-0.15, -0.1) is 0 Å². The summed E-state index contributed by atoms with van der Waals surface area (Å²) in [4.78, 5) is 0. The molecule has 0 saturated heterocycles. The molecule has 1 aromatic carbocycles. The van der Waals surface area contributed by atoms with Gasteiger partial charge in [-0.25, -0.2) is 4.39 Å².